The summed E-state index contributed by atoms with van der Waals surface area (Å²) in [6, 6.07) is 0.551. The highest BCUT2D eigenvalue weighted by Gasteiger charge is 2.37. The maximum atomic E-state index is 12.4. The Balaban J connectivity index is 1.40. The highest BCUT2D eigenvalue weighted by atomic mass is 32.2. The number of hydrogen-bond acceptors (Lipinski definition) is 4. The fourth-order valence-corrected chi connectivity index (χ4v) is 4.60. The van der Waals surface area contributed by atoms with Crippen LogP contribution in [0.25, 0.3) is 0 Å². The molecule has 0 aromatic carbocycles. The largest absolute Gasteiger partial charge is 0.356 e. The molecule has 2 aliphatic heterocycles. The van der Waals surface area contributed by atoms with Crippen molar-refractivity contribution < 1.29 is 9.59 Å². The highest BCUT2D eigenvalue weighted by molar-refractivity contribution is 7.98. The molecule has 1 saturated carbocycles. The summed E-state index contributed by atoms with van der Waals surface area (Å²) in [4.78, 5) is 29.2. The summed E-state index contributed by atoms with van der Waals surface area (Å²) in [5.41, 5.74) is 0. The molecule has 0 bridgehead atoms. The molecule has 3 fully saturated rings. The molecule has 3 aliphatic rings. The molecule has 142 valence electrons. The van der Waals surface area contributed by atoms with Gasteiger partial charge in [-0.1, -0.05) is 0 Å². The molecule has 1 unspecified atom stereocenters. The predicted octanol–water partition coefficient (Wildman–Crippen LogP) is 1.97. The maximum absolute atomic E-state index is 12.4. The fourth-order valence-electron chi connectivity index (χ4n) is 4.16. The zero-order chi connectivity index (χ0) is 17.6. The monoisotopic (exact) mass is 367 g/mol. The van der Waals surface area contributed by atoms with E-state index >= 15 is 0 Å². The van der Waals surface area contributed by atoms with Gasteiger partial charge in [-0.3, -0.25) is 14.5 Å². The van der Waals surface area contributed by atoms with Gasteiger partial charge in [0.25, 0.3) is 0 Å². The Morgan fingerprint density at radius 1 is 1.04 bits per heavy atom. The topological polar surface area (TPSA) is 52.7 Å². The lowest BCUT2D eigenvalue weighted by atomic mass is 9.93. The first-order chi connectivity index (χ1) is 12.2. The van der Waals surface area contributed by atoms with E-state index in [9.17, 15) is 9.59 Å². The van der Waals surface area contributed by atoms with Crippen molar-refractivity contribution in [2.24, 2.45) is 11.8 Å². The first-order valence-electron chi connectivity index (χ1n) is 9.98. The SMILES string of the molecule is CSCCCNC(=O)C1CCCN(C2CCN(C(=O)C3CC3)CC2)C1. The number of hydrogen-bond donors (Lipinski definition) is 1. The molecule has 0 radical (unpaired) electrons. The zero-order valence-electron chi connectivity index (χ0n) is 15.5. The molecule has 5 nitrogen and oxygen atoms in total. The van der Waals surface area contributed by atoms with E-state index in [1.807, 2.05) is 11.8 Å². The van der Waals surface area contributed by atoms with Crippen LogP contribution in [0.15, 0.2) is 0 Å². The van der Waals surface area contributed by atoms with E-state index in [-0.39, 0.29) is 11.8 Å². The predicted molar refractivity (Wildman–Crippen MR) is 103 cm³/mol. The number of likely N-dealkylation sites (tertiary alicyclic amines) is 2. The Kier molecular flexibility index (Phi) is 7.05. The second-order valence-electron chi connectivity index (χ2n) is 7.80. The number of carbonyl (C=O) groups excluding carboxylic acids is 2. The lowest BCUT2D eigenvalue weighted by Gasteiger charge is -2.42. The van der Waals surface area contributed by atoms with Crippen LogP contribution >= 0.6 is 11.8 Å². The molecule has 3 rings (SSSR count). The Morgan fingerprint density at radius 2 is 1.80 bits per heavy atom. The molecule has 1 atom stereocenters. The molecule has 2 heterocycles. The van der Waals surface area contributed by atoms with Crippen molar-refractivity contribution in [2.45, 2.75) is 51.0 Å². The number of carbonyl (C=O) groups is 2. The van der Waals surface area contributed by atoms with E-state index in [1.165, 1.54) is 0 Å². The molecule has 0 aromatic heterocycles. The average molecular weight is 368 g/mol. The normalized spacial score (nSPS) is 25.8. The highest BCUT2D eigenvalue weighted by Crippen LogP contribution is 2.32. The minimum absolute atomic E-state index is 0.147. The summed E-state index contributed by atoms with van der Waals surface area (Å²) in [7, 11) is 0. The molecule has 0 aromatic rings. The van der Waals surface area contributed by atoms with Crippen molar-refractivity contribution >= 4 is 23.6 Å². The lowest BCUT2D eigenvalue weighted by Crippen LogP contribution is -2.51. The van der Waals surface area contributed by atoms with Crippen LogP contribution in [0, 0.1) is 11.8 Å². The Bertz CT molecular complexity index is 462. The standard InChI is InChI=1S/C19H33N3O2S/c1-25-13-3-9-20-18(23)16-4-2-10-22(14-16)17-7-11-21(12-8-17)19(24)15-5-6-15/h15-17H,2-14H2,1H3,(H,20,23). The molecule has 1 N–H and O–H groups in total. The quantitative estimate of drug-likeness (QED) is 0.699. The number of nitrogens with zero attached hydrogens (tertiary/aromatic N) is 2. The van der Waals surface area contributed by atoms with Gasteiger partial charge in [0.05, 0.1) is 5.92 Å². The van der Waals surface area contributed by atoms with Crippen LogP contribution in [0.4, 0.5) is 0 Å². The molecular formula is C19H33N3O2S. The smallest absolute Gasteiger partial charge is 0.225 e. The lowest BCUT2D eigenvalue weighted by molar-refractivity contribution is -0.134. The van der Waals surface area contributed by atoms with Crippen LogP contribution < -0.4 is 5.32 Å². The summed E-state index contributed by atoms with van der Waals surface area (Å²) >= 11 is 1.83. The molecule has 1 aliphatic carbocycles. The number of amides is 2. The summed E-state index contributed by atoms with van der Waals surface area (Å²) in [5, 5.41) is 3.12. The third-order valence-corrected chi connectivity index (χ3v) is 6.56. The van der Waals surface area contributed by atoms with Gasteiger partial charge in [0, 0.05) is 38.1 Å². The molecule has 2 saturated heterocycles. The van der Waals surface area contributed by atoms with Crippen LogP contribution in [0.1, 0.15) is 44.9 Å². The van der Waals surface area contributed by atoms with Gasteiger partial charge in [-0.25, -0.2) is 0 Å². The van der Waals surface area contributed by atoms with Crippen LogP contribution in [-0.4, -0.2) is 72.4 Å². The summed E-state index contributed by atoms with van der Waals surface area (Å²) < 4.78 is 0. The molecule has 6 heteroatoms. The molecular weight excluding hydrogens is 334 g/mol. The summed E-state index contributed by atoms with van der Waals surface area (Å²) in [6.07, 6.45) is 9.62. The first kappa shape index (κ1) is 19.0. The minimum Gasteiger partial charge on any atom is -0.356 e. The van der Waals surface area contributed by atoms with E-state index < -0.39 is 0 Å². The second kappa shape index (κ2) is 9.26. The van der Waals surface area contributed by atoms with Crippen molar-refractivity contribution in [3.05, 3.63) is 0 Å². The Morgan fingerprint density at radius 3 is 2.48 bits per heavy atom. The van der Waals surface area contributed by atoms with Crippen molar-refractivity contribution in [3.63, 3.8) is 0 Å². The third kappa shape index (κ3) is 5.36. The Labute approximate surface area is 156 Å². The molecule has 0 spiro atoms. The van der Waals surface area contributed by atoms with Gasteiger partial charge < -0.3 is 10.2 Å². The van der Waals surface area contributed by atoms with E-state index in [2.05, 4.69) is 21.4 Å². The van der Waals surface area contributed by atoms with Gasteiger partial charge >= 0.3 is 0 Å². The van der Waals surface area contributed by atoms with E-state index in [1.54, 1.807) is 0 Å². The van der Waals surface area contributed by atoms with Gasteiger partial charge in [0.15, 0.2) is 0 Å². The number of piperidine rings is 2. The van der Waals surface area contributed by atoms with Crippen LogP contribution in [0.3, 0.4) is 0 Å². The Hall–Kier alpha value is -0.750. The van der Waals surface area contributed by atoms with Gasteiger partial charge in [0.1, 0.15) is 0 Å². The number of nitrogens with one attached hydrogen (secondary N) is 1. The van der Waals surface area contributed by atoms with Crippen LogP contribution in [-0.2, 0) is 9.59 Å². The van der Waals surface area contributed by atoms with Gasteiger partial charge in [0.2, 0.25) is 11.8 Å². The van der Waals surface area contributed by atoms with Crippen molar-refractivity contribution in [1.29, 1.82) is 0 Å². The minimum atomic E-state index is 0.147. The zero-order valence-corrected chi connectivity index (χ0v) is 16.4. The molecule has 25 heavy (non-hydrogen) atoms. The summed E-state index contributed by atoms with van der Waals surface area (Å²) in [6.45, 7) is 4.62. The average Bonchev–Trinajstić information content (AvgIpc) is 3.50. The van der Waals surface area contributed by atoms with Gasteiger partial charge in [-0.05, 0) is 63.5 Å². The molecule has 2 amide bonds. The van der Waals surface area contributed by atoms with E-state index in [0.717, 1.165) is 83.4 Å². The van der Waals surface area contributed by atoms with E-state index in [0.29, 0.717) is 17.9 Å². The van der Waals surface area contributed by atoms with Crippen molar-refractivity contribution in [1.82, 2.24) is 15.1 Å². The second-order valence-corrected chi connectivity index (χ2v) is 8.79. The van der Waals surface area contributed by atoms with E-state index in [4.69, 9.17) is 0 Å². The van der Waals surface area contributed by atoms with Crippen molar-refractivity contribution in [3.8, 4) is 0 Å². The fraction of sp³-hybridized carbons (Fsp3) is 0.895. The van der Waals surface area contributed by atoms with Crippen LogP contribution in [0.5, 0.6) is 0 Å². The first-order valence-corrected chi connectivity index (χ1v) is 11.4. The van der Waals surface area contributed by atoms with Gasteiger partial charge in [-0.2, -0.15) is 11.8 Å². The number of thioether (sulfide) groups is 1. The van der Waals surface area contributed by atoms with Crippen LogP contribution in [0.2, 0.25) is 0 Å². The maximum Gasteiger partial charge on any atom is 0.225 e. The number of rotatable bonds is 7. The summed E-state index contributed by atoms with van der Waals surface area (Å²) in [5.74, 6) is 2.22. The van der Waals surface area contributed by atoms with Gasteiger partial charge in [-0.15, -0.1) is 0 Å². The van der Waals surface area contributed by atoms with Crippen molar-refractivity contribution in [2.75, 3.05) is 44.7 Å². The third-order valence-electron chi connectivity index (χ3n) is 5.87.